The fraction of sp³-hybridized carbons (Fsp3) is 0.121. The number of allylic oxidation sites excluding steroid dienone is 7. The molecule has 8 aromatic rings. The molecule has 3 aliphatic rings. The Morgan fingerprint density at radius 1 is 0.408 bits per heavy atom. The third kappa shape index (κ3) is 11.2. The maximum Gasteiger partial charge on any atom is 0.0831 e. The largest absolute Gasteiger partial charge is 0.399 e. The first kappa shape index (κ1) is 51.4. The van der Waals surface area contributed by atoms with Gasteiger partial charge in [0.15, 0.2) is 0 Å². The van der Waals surface area contributed by atoms with Gasteiger partial charge in [0.2, 0.25) is 0 Å². The Morgan fingerprint density at radius 2 is 0.763 bits per heavy atom. The summed E-state index contributed by atoms with van der Waals surface area (Å²) in [4.78, 5) is 12.0. The molecule has 0 radical (unpaired) electrons. The highest BCUT2D eigenvalue weighted by atomic mass is 15.1. The first-order chi connectivity index (χ1) is 36.9. The van der Waals surface area contributed by atoms with E-state index in [1.54, 1.807) is 49.1 Å². The molecule has 2 unspecified atom stereocenters. The molecule has 0 spiro atoms. The average Bonchev–Trinajstić information content (AvgIpc) is 3.48. The van der Waals surface area contributed by atoms with Crippen LogP contribution in [0, 0.1) is 21.6 Å². The number of aromatic nitrogens is 2. The number of nitrogen functional groups attached to an aromatic ring is 2. The van der Waals surface area contributed by atoms with Gasteiger partial charge in [0.25, 0.3) is 0 Å². The molecule has 0 bridgehead atoms. The average molecular weight is 995 g/mol. The molecule has 3 aliphatic carbocycles. The molecule has 8 N–H and O–H groups in total. The van der Waals surface area contributed by atoms with E-state index < -0.39 is 10.8 Å². The van der Waals surface area contributed by atoms with E-state index in [0.717, 1.165) is 91.8 Å². The van der Waals surface area contributed by atoms with Gasteiger partial charge in [-0.3, -0.25) is 20.8 Å². The van der Waals surface area contributed by atoms with Crippen LogP contribution in [0.15, 0.2) is 249 Å². The van der Waals surface area contributed by atoms with Crippen LogP contribution < -0.4 is 21.3 Å². The number of hydrogen-bond acceptors (Lipinski definition) is 10. The van der Waals surface area contributed by atoms with Crippen molar-refractivity contribution in [1.29, 1.82) is 21.6 Å². The second kappa shape index (κ2) is 23.1. The smallest absolute Gasteiger partial charge is 0.0831 e. The monoisotopic (exact) mass is 995 g/mol. The number of hydrogen-bond donors (Lipinski definition) is 6. The summed E-state index contributed by atoms with van der Waals surface area (Å²) in [7, 11) is 0. The van der Waals surface area contributed by atoms with Gasteiger partial charge in [-0.1, -0.05) is 127 Å². The number of rotatable bonds is 10. The van der Waals surface area contributed by atoms with Crippen molar-refractivity contribution in [3.8, 4) is 0 Å². The molecule has 0 aliphatic heterocycles. The maximum atomic E-state index is 9.31. The van der Waals surface area contributed by atoms with E-state index in [9.17, 15) is 21.6 Å². The van der Waals surface area contributed by atoms with Crippen LogP contribution in [-0.2, 0) is 10.8 Å². The number of nitrogens with zero attached hydrogens (tertiary/aromatic N) is 4. The van der Waals surface area contributed by atoms with E-state index in [0.29, 0.717) is 24.3 Å². The Kier molecular flexibility index (Phi) is 15.6. The van der Waals surface area contributed by atoms with Crippen molar-refractivity contribution in [2.45, 2.75) is 50.4 Å². The summed E-state index contributed by atoms with van der Waals surface area (Å²) in [5, 5.41) is 37.0. The van der Waals surface area contributed by atoms with Gasteiger partial charge in [-0.05, 0) is 153 Å². The summed E-state index contributed by atoms with van der Waals surface area (Å²) in [6, 6.07) is 62.9. The second-order valence-corrected chi connectivity index (χ2v) is 19.3. The van der Waals surface area contributed by atoms with E-state index in [4.69, 9.17) is 11.5 Å². The summed E-state index contributed by atoms with van der Waals surface area (Å²) in [5.74, 6) is 0. The van der Waals surface area contributed by atoms with Crippen molar-refractivity contribution in [3.05, 3.63) is 271 Å². The summed E-state index contributed by atoms with van der Waals surface area (Å²) < 4.78 is 0. The first-order valence-corrected chi connectivity index (χ1v) is 25.5. The molecule has 11 rings (SSSR count). The molecule has 2 aromatic heterocycles. The number of nitrogens with one attached hydrogen (secondary N) is 4. The minimum Gasteiger partial charge on any atom is -0.399 e. The van der Waals surface area contributed by atoms with Gasteiger partial charge < -0.3 is 32.1 Å². The number of benzene rings is 6. The fourth-order valence-corrected chi connectivity index (χ4v) is 9.79. The SMILES string of the molecule is CC1(c2ccc(N(C3=CCCC=C3)c3ccccc3)cc2)CC=C(c2ccc(C3=CCC(C)(c4ccc(N(c5ccccc5)c5ccccc5)cc4)C(=N)C3=N)cc2)C(=N)C1=N.Nc1ccncc1.Nc1ccncc1. The lowest BCUT2D eigenvalue weighted by Gasteiger charge is -2.36. The van der Waals surface area contributed by atoms with Crippen LogP contribution in [0.2, 0.25) is 0 Å². The van der Waals surface area contributed by atoms with Crippen molar-refractivity contribution >= 4 is 73.8 Å². The topological polar surface area (TPSA) is 180 Å². The lowest BCUT2D eigenvalue weighted by Crippen LogP contribution is -2.40. The van der Waals surface area contributed by atoms with Crippen LogP contribution in [0.1, 0.15) is 61.8 Å². The molecular formula is C66H62N10. The lowest BCUT2D eigenvalue weighted by molar-refractivity contribution is 0.648. The normalized spacial score (nSPS) is 17.9. The number of para-hydroxylation sites is 3. The van der Waals surface area contributed by atoms with E-state index in [-0.39, 0.29) is 11.4 Å². The molecule has 0 saturated heterocycles. The zero-order chi connectivity index (χ0) is 53.1. The summed E-state index contributed by atoms with van der Waals surface area (Å²) in [6.07, 6.45) is 20.8. The zero-order valence-corrected chi connectivity index (χ0v) is 42.9. The van der Waals surface area contributed by atoms with Crippen molar-refractivity contribution in [2.24, 2.45) is 0 Å². The summed E-state index contributed by atoms with van der Waals surface area (Å²) in [5.41, 5.74) is 23.6. The summed E-state index contributed by atoms with van der Waals surface area (Å²) in [6.45, 7) is 4.13. The van der Waals surface area contributed by atoms with Crippen molar-refractivity contribution < 1.29 is 0 Å². The molecule has 10 heteroatoms. The standard InChI is InChI=1S/C56H50N6.2C5H6N2/c1-55(41-27-31-47(32-28-41)61(43-15-7-3-8-16-43)44-17-9-4-10-18-44)37-35-49(51(57)53(55)59)39-23-25-40(26-24-39)50-36-38-56(2,54(60)52(50)58)42-29-33-48(34-30-42)62(45-19-11-5-12-20-45)46-21-13-6-14-22-46;2*6-5-1-3-7-4-2-5/h3-5,7-13,15-36,57-60H,6,14,37-38H2,1-2H3;2*1-4H,(H2,6,7). The molecule has 0 fully saturated rings. The molecule has 2 atom stereocenters. The van der Waals surface area contributed by atoms with E-state index in [1.165, 1.54) is 0 Å². The predicted octanol–water partition coefficient (Wildman–Crippen LogP) is 15.4. The minimum absolute atomic E-state index is 0.220. The van der Waals surface area contributed by atoms with Crippen molar-refractivity contribution in [3.63, 3.8) is 0 Å². The molecule has 10 nitrogen and oxygen atoms in total. The van der Waals surface area contributed by atoms with Gasteiger partial charge in [-0.15, -0.1) is 0 Å². The van der Waals surface area contributed by atoms with Gasteiger partial charge in [0, 0.05) is 92.3 Å². The van der Waals surface area contributed by atoms with Gasteiger partial charge in [0.05, 0.1) is 22.8 Å². The Bertz CT molecular complexity index is 3370. The highest BCUT2D eigenvalue weighted by Crippen LogP contribution is 2.42. The first-order valence-electron chi connectivity index (χ1n) is 25.5. The summed E-state index contributed by atoms with van der Waals surface area (Å²) >= 11 is 0. The highest BCUT2D eigenvalue weighted by Gasteiger charge is 2.40. The molecular weight excluding hydrogens is 933 g/mol. The molecule has 76 heavy (non-hydrogen) atoms. The van der Waals surface area contributed by atoms with E-state index in [2.05, 4.69) is 161 Å². The van der Waals surface area contributed by atoms with Gasteiger partial charge in [-0.25, -0.2) is 0 Å². The quantitative estimate of drug-likeness (QED) is 0.0793. The van der Waals surface area contributed by atoms with Crippen LogP contribution in [0.5, 0.6) is 0 Å². The van der Waals surface area contributed by atoms with E-state index in [1.807, 2.05) is 66.7 Å². The van der Waals surface area contributed by atoms with Gasteiger partial charge >= 0.3 is 0 Å². The van der Waals surface area contributed by atoms with Gasteiger partial charge in [-0.2, -0.15) is 0 Å². The predicted molar refractivity (Wildman–Crippen MR) is 317 cm³/mol. The van der Waals surface area contributed by atoms with Crippen LogP contribution in [-0.4, -0.2) is 32.8 Å². The number of anilines is 7. The fourth-order valence-electron chi connectivity index (χ4n) is 9.79. The van der Waals surface area contributed by atoms with Crippen LogP contribution in [0.4, 0.5) is 39.8 Å². The molecule has 6 aromatic carbocycles. The van der Waals surface area contributed by atoms with E-state index >= 15 is 0 Å². The van der Waals surface area contributed by atoms with Gasteiger partial charge in [0.1, 0.15) is 0 Å². The highest BCUT2D eigenvalue weighted by molar-refractivity contribution is 6.60. The Morgan fingerprint density at radius 3 is 1.11 bits per heavy atom. The maximum absolute atomic E-state index is 9.31. The number of nitrogens with two attached hydrogens (primary N) is 2. The molecule has 376 valence electrons. The van der Waals surface area contributed by atoms with Crippen molar-refractivity contribution in [1.82, 2.24) is 9.97 Å². The molecule has 0 saturated carbocycles. The Labute approximate surface area is 446 Å². The Balaban J connectivity index is 0.000000437. The van der Waals surface area contributed by atoms with Crippen LogP contribution >= 0.6 is 0 Å². The molecule has 0 amide bonds. The molecule has 2 heterocycles. The van der Waals surface area contributed by atoms with Crippen LogP contribution in [0.3, 0.4) is 0 Å². The van der Waals surface area contributed by atoms with Crippen molar-refractivity contribution in [2.75, 3.05) is 21.3 Å². The zero-order valence-electron chi connectivity index (χ0n) is 42.9. The number of pyridine rings is 2. The third-order valence-corrected chi connectivity index (χ3v) is 14.3. The lowest BCUT2D eigenvalue weighted by atomic mass is 9.68. The minimum atomic E-state index is -0.649. The van der Waals surface area contributed by atoms with Crippen LogP contribution in [0.25, 0.3) is 11.1 Å². The second-order valence-electron chi connectivity index (χ2n) is 19.3. The third-order valence-electron chi connectivity index (χ3n) is 14.3. The Hall–Kier alpha value is -9.54.